The van der Waals surface area contributed by atoms with Crippen molar-refractivity contribution < 1.29 is 19.5 Å². The molecular formula is C18H16ClNO4. The number of carboxylic acid groups (broad SMARTS) is 1. The van der Waals surface area contributed by atoms with Crippen molar-refractivity contribution in [3.8, 4) is 0 Å². The molecule has 0 aliphatic rings. The minimum Gasteiger partial charge on any atom is -0.481 e. The Morgan fingerprint density at radius 3 is 2.12 bits per heavy atom. The Morgan fingerprint density at radius 2 is 1.54 bits per heavy atom. The highest BCUT2D eigenvalue weighted by atomic mass is 35.5. The fraction of sp³-hybridized carbons (Fsp3) is 0.167. The number of carboxylic acids is 1. The van der Waals surface area contributed by atoms with Gasteiger partial charge in [0.25, 0.3) is 0 Å². The summed E-state index contributed by atoms with van der Waals surface area (Å²) < 4.78 is 0. The van der Waals surface area contributed by atoms with Gasteiger partial charge in [-0.2, -0.15) is 0 Å². The van der Waals surface area contributed by atoms with Gasteiger partial charge in [-0.05, 0) is 42.0 Å². The van der Waals surface area contributed by atoms with Crippen LogP contribution in [0.2, 0.25) is 5.02 Å². The SMILES string of the molecule is O=C(O)Cc1ccc(NC(=O)CCC(=O)c2ccc(Cl)cc2)cc1. The van der Waals surface area contributed by atoms with Gasteiger partial charge in [-0.25, -0.2) is 0 Å². The van der Waals surface area contributed by atoms with Gasteiger partial charge in [-0.1, -0.05) is 23.7 Å². The number of carbonyl (C=O) groups is 3. The summed E-state index contributed by atoms with van der Waals surface area (Å²) in [5.74, 6) is -1.31. The van der Waals surface area contributed by atoms with Crippen LogP contribution in [0.25, 0.3) is 0 Å². The number of amides is 1. The minimum absolute atomic E-state index is 0.0657. The molecule has 0 aliphatic carbocycles. The fourth-order valence-electron chi connectivity index (χ4n) is 2.11. The van der Waals surface area contributed by atoms with E-state index in [-0.39, 0.29) is 31.0 Å². The molecule has 0 radical (unpaired) electrons. The first-order valence-electron chi connectivity index (χ1n) is 7.33. The molecule has 0 unspecified atom stereocenters. The number of benzene rings is 2. The molecule has 5 nitrogen and oxygen atoms in total. The third-order valence-electron chi connectivity index (χ3n) is 3.34. The van der Waals surface area contributed by atoms with E-state index in [0.717, 1.165) is 0 Å². The molecule has 0 atom stereocenters. The summed E-state index contributed by atoms with van der Waals surface area (Å²) >= 11 is 5.77. The van der Waals surface area contributed by atoms with Crippen LogP contribution in [-0.2, 0) is 16.0 Å². The van der Waals surface area contributed by atoms with E-state index in [4.69, 9.17) is 16.7 Å². The van der Waals surface area contributed by atoms with Crippen molar-refractivity contribution in [1.82, 2.24) is 0 Å². The number of hydrogen-bond donors (Lipinski definition) is 2. The molecular weight excluding hydrogens is 330 g/mol. The van der Waals surface area contributed by atoms with Crippen molar-refractivity contribution in [2.75, 3.05) is 5.32 Å². The second-order valence-electron chi connectivity index (χ2n) is 5.25. The monoisotopic (exact) mass is 345 g/mol. The number of rotatable bonds is 7. The number of hydrogen-bond acceptors (Lipinski definition) is 3. The van der Waals surface area contributed by atoms with Crippen LogP contribution in [0.1, 0.15) is 28.8 Å². The first-order valence-corrected chi connectivity index (χ1v) is 7.71. The van der Waals surface area contributed by atoms with Gasteiger partial charge in [0, 0.05) is 29.1 Å². The van der Waals surface area contributed by atoms with Gasteiger partial charge in [0.2, 0.25) is 5.91 Å². The summed E-state index contributed by atoms with van der Waals surface area (Å²) in [4.78, 5) is 34.5. The molecule has 0 spiro atoms. The summed E-state index contributed by atoms with van der Waals surface area (Å²) in [5.41, 5.74) is 1.73. The van der Waals surface area contributed by atoms with Crippen LogP contribution < -0.4 is 5.32 Å². The average Bonchev–Trinajstić information content (AvgIpc) is 2.54. The summed E-state index contributed by atoms with van der Waals surface area (Å²) in [6.07, 6.45) is 0.104. The van der Waals surface area contributed by atoms with Gasteiger partial charge < -0.3 is 10.4 Å². The van der Waals surface area contributed by atoms with Crippen LogP contribution in [0.5, 0.6) is 0 Å². The Hall–Kier alpha value is -2.66. The van der Waals surface area contributed by atoms with Gasteiger partial charge >= 0.3 is 5.97 Å². The smallest absolute Gasteiger partial charge is 0.307 e. The Labute approximate surface area is 144 Å². The fourth-order valence-corrected chi connectivity index (χ4v) is 2.24. The molecule has 24 heavy (non-hydrogen) atoms. The van der Waals surface area contributed by atoms with Crippen LogP contribution in [0.3, 0.4) is 0 Å². The quantitative estimate of drug-likeness (QED) is 0.751. The lowest BCUT2D eigenvalue weighted by Crippen LogP contribution is -2.13. The van der Waals surface area contributed by atoms with E-state index in [0.29, 0.717) is 21.8 Å². The molecule has 124 valence electrons. The standard InChI is InChI=1S/C18H16ClNO4/c19-14-5-3-13(4-6-14)16(21)9-10-17(22)20-15-7-1-12(2-8-15)11-18(23)24/h1-8H,9-11H2,(H,20,22)(H,23,24). The van der Waals surface area contributed by atoms with Crippen molar-refractivity contribution in [2.24, 2.45) is 0 Å². The molecule has 0 saturated heterocycles. The number of Topliss-reactive ketones (excluding diaryl/α,β-unsaturated/α-hetero) is 1. The van der Waals surface area contributed by atoms with Gasteiger partial charge in [-0.15, -0.1) is 0 Å². The van der Waals surface area contributed by atoms with E-state index in [1.54, 1.807) is 48.5 Å². The zero-order chi connectivity index (χ0) is 17.5. The third-order valence-corrected chi connectivity index (χ3v) is 3.59. The van der Waals surface area contributed by atoms with E-state index < -0.39 is 5.97 Å². The van der Waals surface area contributed by atoms with Crippen molar-refractivity contribution in [3.63, 3.8) is 0 Å². The number of halogens is 1. The molecule has 0 fully saturated rings. The van der Waals surface area contributed by atoms with E-state index in [1.807, 2.05) is 0 Å². The summed E-state index contributed by atoms with van der Waals surface area (Å²) in [6, 6.07) is 13.1. The maximum Gasteiger partial charge on any atom is 0.307 e. The second-order valence-corrected chi connectivity index (χ2v) is 5.68. The number of anilines is 1. The minimum atomic E-state index is -0.910. The lowest BCUT2D eigenvalue weighted by molar-refractivity contribution is -0.136. The third kappa shape index (κ3) is 5.52. The maximum atomic E-state index is 12.0. The van der Waals surface area contributed by atoms with Crippen molar-refractivity contribution in [2.45, 2.75) is 19.3 Å². The number of nitrogens with one attached hydrogen (secondary N) is 1. The predicted molar refractivity (Wildman–Crippen MR) is 91.4 cm³/mol. The Bertz CT molecular complexity index is 739. The summed E-state index contributed by atoms with van der Waals surface area (Å²) in [5, 5.41) is 11.9. The molecule has 2 N–H and O–H groups in total. The van der Waals surface area contributed by atoms with Gasteiger partial charge in [0.15, 0.2) is 5.78 Å². The van der Waals surface area contributed by atoms with Crippen LogP contribution in [0.4, 0.5) is 5.69 Å². The van der Waals surface area contributed by atoms with Crippen LogP contribution >= 0.6 is 11.6 Å². The van der Waals surface area contributed by atoms with Crippen molar-refractivity contribution in [1.29, 1.82) is 0 Å². The van der Waals surface area contributed by atoms with Gasteiger partial charge in [0.05, 0.1) is 6.42 Å². The predicted octanol–water partition coefficient (Wildman–Crippen LogP) is 3.57. The van der Waals surface area contributed by atoms with E-state index in [9.17, 15) is 14.4 Å². The van der Waals surface area contributed by atoms with Crippen molar-refractivity contribution in [3.05, 3.63) is 64.7 Å². The highest BCUT2D eigenvalue weighted by molar-refractivity contribution is 6.30. The molecule has 0 aliphatic heterocycles. The zero-order valence-corrected chi connectivity index (χ0v) is 13.5. The van der Waals surface area contributed by atoms with Crippen LogP contribution in [0.15, 0.2) is 48.5 Å². The van der Waals surface area contributed by atoms with Gasteiger partial charge in [0.1, 0.15) is 0 Å². The van der Waals surface area contributed by atoms with Crippen LogP contribution in [-0.4, -0.2) is 22.8 Å². The Balaban J connectivity index is 1.83. The molecule has 1 amide bonds. The molecule has 0 aromatic heterocycles. The summed E-state index contributed by atoms with van der Waals surface area (Å²) in [7, 11) is 0. The van der Waals surface area contributed by atoms with E-state index in [1.165, 1.54) is 0 Å². The molecule has 0 saturated carbocycles. The van der Waals surface area contributed by atoms with Crippen molar-refractivity contribution >= 4 is 34.9 Å². The molecule has 0 bridgehead atoms. The first-order chi connectivity index (χ1) is 11.4. The normalized spacial score (nSPS) is 10.2. The van der Waals surface area contributed by atoms with E-state index in [2.05, 4.69) is 5.32 Å². The molecule has 2 aromatic carbocycles. The molecule has 2 rings (SSSR count). The largest absolute Gasteiger partial charge is 0.481 e. The highest BCUT2D eigenvalue weighted by Crippen LogP contribution is 2.13. The topological polar surface area (TPSA) is 83.5 Å². The second kappa shape index (κ2) is 8.26. The number of aliphatic carboxylic acids is 1. The number of carbonyl (C=O) groups excluding carboxylic acids is 2. The van der Waals surface area contributed by atoms with Crippen LogP contribution in [0, 0.1) is 0 Å². The molecule has 0 heterocycles. The Morgan fingerprint density at radius 1 is 0.917 bits per heavy atom. The first kappa shape index (κ1) is 17.7. The lowest BCUT2D eigenvalue weighted by Gasteiger charge is -2.06. The highest BCUT2D eigenvalue weighted by Gasteiger charge is 2.10. The molecule has 2 aromatic rings. The zero-order valence-electron chi connectivity index (χ0n) is 12.8. The summed E-state index contributed by atoms with van der Waals surface area (Å²) in [6.45, 7) is 0. The molecule has 6 heteroatoms. The average molecular weight is 346 g/mol. The van der Waals surface area contributed by atoms with E-state index >= 15 is 0 Å². The lowest BCUT2D eigenvalue weighted by atomic mass is 10.1. The Kier molecular flexibility index (Phi) is 6.09. The van der Waals surface area contributed by atoms with Gasteiger partial charge in [-0.3, -0.25) is 14.4 Å². The maximum absolute atomic E-state index is 12.0. The number of ketones is 1.